The first-order valence-electron chi connectivity index (χ1n) is 11.1. The van der Waals surface area contributed by atoms with Crippen LogP contribution in [0.3, 0.4) is 0 Å². The standard InChI is InChI=1S/C24H29N3O3/c1-2-26-21-18(19(14-28)22(26)23(29)25-12-15-8-9-15)13-27-20(21)11-10-17(24(27)30)16-6-4-3-5-7-16/h3-7,10-11,15,18-19,21-22,28H,2,8-9,12-14H2,1H3,(H,25,29)/t18-,19-,21+,22-/m1/s1. The summed E-state index contributed by atoms with van der Waals surface area (Å²) in [4.78, 5) is 28.5. The first-order chi connectivity index (χ1) is 14.6. The summed E-state index contributed by atoms with van der Waals surface area (Å²) in [5, 5.41) is 13.3. The number of likely N-dealkylation sites (N-methyl/N-ethyl adjacent to an activating group) is 1. The van der Waals surface area contributed by atoms with Crippen molar-refractivity contribution >= 4 is 5.91 Å². The van der Waals surface area contributed by atoms with Gasteiger partial charge in [-0.3, -0.25) is 14.5 Å². The van der Waals surface area contributed by atoms with E-state index in [1.54, 1.807) is 0 Å². The number of pyridine rings is 1. The topological polar surface area (TPSA) is 74.6 Å². The van der Waals surface area contributed by atoms with E-state index in [1.807, 2.05) is 47.0 Å². The zero-order valence-corrected chi connectivity index (χ0v) is 17.3. The Morgan fingerprint density at radius 3 is 2.60 bits per heavy atom. The maximum absolute atomic E-state index is 13.3. The van der Waals surface area contributed by atoms with E-state index in [1.165, 1.54) is 12.8 Å². The quantitative estimate of drug-likeness (QED) is 0.768. The maximum Gasteiger partial charge on any atom is 0.258 e. The van der Waals surface area contributed by atoms with E-state index >= 15 is 0 Å². The lowest BCUT2D eigenvalue weighted by Crippen LogP contribution is -2.48. The molecule has 1 saturated carbocycles. The third-order valence-electron chi connectivity index (χ3n) is 7.17. The molecule has 1 saturated heterocycles. The fraction of sp³-hybridized carbons (Fsp3) is 0.500. The van der Waals surface area contributed by atoms with Crippen LogP contribution >= 0.6 is 0 Å². The molecule has 5 rings (SSSR count). The van der Waals surface area contributed by atoms with Crippen LogP contribution in [0.1, 0.15) is 31.5 Å². The van der Waals surface area contributed by atoms with Gasteiger partial charge >= 0.3 is 0 Å². The minimum Gasteiger partial charge on any atom is -0.396 e. The Bertz CT molecular complexity index is 999. The molecule has 0 unspecified atom stereocenters. The van der Waals surface area contributed by atoms with Crippen LogP contribution in [0.5, 0.6) is 0 Å². The summed E-state index contributed by atoms with van der Waals surface area (Å²) in [6.07, 6.45) is 2.38. The van der Waals surface area contributed by atoms with Gasteiger partial charge in [0.1, 0.15) is 0 Å². The van der Waals surface area contributed by atoms with Crippen molar-refractivity contribution in [2.24, 2.45) is 17.8 Å². The van der Waals surface area contributed by atoms with Crippen LogP contribution in [-0.4, -0.2) is 46.2 Å². The monoisotopic (exact) mass is 407 g/mol. The highest BCUT2D eigenvalue weighted by Crippen LogP contribution is 2.49. The van der Waals surface area contributed by atoms with E-state index in [2.05, 4.69) is 17.1 Å². The molecule has 6 nitrogen and oxygen atoms in total. The Hall–Kier alpha value is -2.44. The highest BCUT2D eigenvalue weighted by Gasteiger charge is 2.55. The molecule has 2 aromatic rings. The van der Waals surface area contributed by atoms with Crippen LogP contribution in [0, 0.1) is 17.8 Å². The van der Waals surface area contributed by atoms with Gasteiger partial charge in [-0.15, -0.1) is 0 Å². The molecule has 4 atom stereocenters. The molecule has 2 aliphatic heterocycles. The Balaban J connectivity index is 1.49. The molecule has 1 amide bonds. The molecule has 2 N–H and O–H groups in total. The summed E-state index contributed by atoms with van der Waals surface area (Å²) >= 11 is 0. The molecule has 30 heavy (non-hydrogen) atoms. The van der Waals surface area contributed by atoms with Gasteiger partial charge in [0.25, 0.3) is 5.56 Å². The number of hydrogen-bond donors (Lipinski definition) is 2. The second kappa shape index (κ2) is 7.67. The minimum atomic E-state index is -0.341. The fourth-order valence-corrected chi connectivity index (χ4v) is 5.49. The lowest BCUT2D eigenvalue weighted by Gasteiger charge is -2.29. The number of aromatic nitrogens is 1. The Morgan fingerprint density at radius 2 is 1.93 bits per heavy atom. The van der Waals surface area contributed by atoms with Crippen molar-refractivity contribution in [3.8, 4) is 11.1 Å². The number of nitrogens with zero attached hydrogens (tertiary/aromatic N) is 2. The van der Waals surface area contributed by atoms with Crippen LogP contribution in [0.2, 0.25) is 0 Å². The van der Waals surface area contributed by atoms with Crippen molar-refractivity contribution in [1.82, 2.24) is 14.8 Å². The number of aliphatic hydroxyl groups excluding tert-OH is 1. The Morgan fingerprint density at radius 1 is 1.17 bits per heavy atom. The number of benzene rings is 1. The molecule has 3 aliphatic rings. The second-order valence-corrected chi connectivity index (χ2v) is 8.87. The predicted octanol–water partition coefficient (Wildman–Crippen LogP) is 2.02. The van der Waals surface area contributed by atoms with Crippen LogP contribution in [-0.2, 0) is 11.3 Å². The number of hydrogen-bond acceptors (Lipinski definition) is 4. The van der Waals surface area contributed by atoms with Crippen LogP contribution in [0.4, 0.5) is 0 Å². The van der Waals surface area contributed by atoms with E-state index < -0.39 is 0 Å². The Kier molecular flexibility index (Phi) is 4.99. The van der Waals surface area contributed by atoms with Crippen LogP contribution < -0.4 is 10.9 Å². The molecule has 0 radical (unpaired) electrons. The van der Waals surface area contributed by atoms with E-state index in [9.17, 15) is 14.7 Å². The van der Waals surface area contributed by atoms with E-state index in [4.69, 9.17) is 0 Å². The smallest absolute Gasteiger partial charge is 0.258 e. The molecule has 1 aliphatic carbocycles. The molecule has 2 fully saturated rings. The number of rotatable bonds is 6. The fourth-order valence-electron chi connectivity index (χ4n) is 5.49. The summed E-state index contributed by atoms with van der Waals surface area (Å²) in [6.45, 7) is 3.99. The SMILES string of the molecule is CCN1[C@@H]2c3ccc(-c4ccccc4)c(=O)n3C[C@@H]2[C@@H](CO)[C@@H]1C(=O)NCC1CC1. The number of fused-ring (bicyclic) bond motifs is 3. The second-order valence-electron chi connectivity index (χ2n) is 8.87. The number of carbonyl (C=O) groups is 1. The van der Waals surface area contributed by atoms with Gasteiger partial charge < -0.3 is 15.0 Å². The number of aliphatic hydroxyl groups is 1. The normalized spacial score (nSPS) is 27.7. The largest absolute Gasteiger partial charge is 0.396 e. The molecule has 158 valence electrons. The van der Waals surface area contributed by atoms with Gasteiger partial charge in [0.2, 0.25) is 5.91 Å². The van der Waals surface area contributed by atoms with E-state index in [0.29, 0.717) is 24.6 Å². The van der Waals surface area contributed by atoms with E-state index in [-0.39, 0.29) is 42.0 Å². The molecule has 1 aromatic heterocycles. The summed E-state index contributed by atoms with van der Waals surface area (Å²) in [7, 11) is 0. The minimum absolute atomic E-state index is 0.00979. The number of amides is 1. The molecular weight excluding hydrogens is 378 g/mol. The molecule has 3 heterocycles. The number of carbonyl (C=O) groups excluding carboxylic acids is 1. The zero-order chi connectivity index (χ0) is 20.8. The van der Waals surface area contributed by atoms with Gasteiger partial charge in [0, 0.05) is 42.8 Å². The first kappa shape index (κ1) is 19.5. The number of likely N-dealkylation sites (tertiary alicyclic amines) is 1. The van der Waals surface area contributed by atoms with Gasteiger partial charge in [-0.25, -0.2) is 0 Å². The highest BCUT2D eigenvalue weighted by atomic mass is 16.3. The van der Waals surface area contributed by atoms with E-state index in [0.717, 1.165) is 17.8 Å². The van der Waals surface area contributed by atoms with Gasteiger partial charge in [-0.05, 0) is 43.0 Å². The van der Waals surface area contributed by atoms with Crippen molar-refractivity contribution < 1.29 is 9.90 Å². The molecule has 6 heteroatoms. The lowest BCUT2D eigenvalue weighted by atomic mass is 9.88. The third kappa shape index (κ3) is 3.10. The average molecular weight is 408 g/mol. The Labute approximate surface area is 176 Å². The molecule has 0 bridgehead atoms. The summed E-state index contributed by atoms with van der Waals surface area (Å²) in [5.74, 6) is 0.527. The predicted molar refractivity (Wildman–Crippen MR) is 115 cm³/mol. The molecule has 1 aromatic carbocycles. The zero-order valence-electron chi connectivity index (χ0n) is 17.3. The van der Waals surface area contributed by atoms with Crippen molar-refractivity contribution in [2.45, 2.75) is 38.4 Å². The molecule has 0 spiro atoms. The lowest BCUT2D eigenvalue weighted by molar-refractivity contribution is -0.127. The average Bonchev–Trinajstić information content (AvgIpc) is 3.44. The third-order valence-corrected chi connectivity index (χ3v) is 7.17. The highest BCUT2D eigenvalue weighted by molar-refractivity contribution is 5.83. The number of nitrogens with one attached hydrogen (secondary N) is 1. The summed E-state index contributed by atoms with van der Waals surface area (Å²) < 4.78 is 1.86. The molecular formula is C24H29N3O3. The first-order valence-corrected chi connectivity index (χ1v) is 11.1. The van der Waals surface area contributed by atoms with Gasteiger partial charge in [-0.2, -0.15) is 0 Å². The maximum atomic E-state index is 13.3. The van der Waals surface area contributed by atoms with Gasteiger partial charge in [-0.1, -0.05) is 37.3 Å². The van der Waals surface area contributed by atoms with Crippen molar-refractivity contribution in [3.05, 3.63) is 58.5 Å². The summed E-state index contributed by atoms with van der Waals surface area (Å²) in [6, 6.07) is 13.3. The van der Waals surface area contributed by atoms with Gasteiger partial charge in [0.15, 0.2) is 0 Å². The van der Waals surface area contributed by atoms with Crippen LogP contribution in [0.15, 0.2) is 47.3 Å². The van der Waals surface area contributed by atoms with Crippen LogP contribution in [0.25, 0.3) is 11.1 Å². The van der Waals surface area contributed by atoms with Crippen molar-refractivity contribution in [1.29, 1.82) is 0 Å². The van der Waals surface area contributed by atoms with Crippen molar-refractivity contribution in [2.75, 3.05) is 19.7 Å². The van der Waals surface area contributed by atoms with Gasteiger partial charge in [0.05, 0.1) is 12.1 Å². The summed E-state index contributed by atoms with van der Waals surface area (Å²) in [5.41, 5.74) is 2.58. The van der Waals surface area contributed by atoms with Crippen molar-refractivity contribution in [3.63, 3.8) is 0 Å².